The standard InChI is InChI=1S/C16H23NOS/c1-11-3-4-13-8-12(2)15(14(13)7-11)17-9-16(18)5-6-19-10-16/h3-4,7,12,15,17-18H,5-6,8-10H2,1-2H3. The van der Waals surface area contributed by atoms with Crippen LogP contribution in [0.3, 0.4) is 0 Å². The molecule has 0 saturated carbocycles. The topological polar surface area (TPSA) is 32.3 Å². The molecule has 1 aromatic rings. The van der Waals surface area contributed by atoms with E-state index >= 15 is 0 Å². The molecule has 3 rings (SSSR count). The van der Waals surface area contributed by atoms with Crippen LogP contribution < -0.4 is 5.32 Å². The molecule has 1 aromatic carbocycles. The lowest BCUT2D eigenvalue weighted by atomic mass is 9.98. The SMILES string of the molecule is Cc1ccc2c(c1)C(NCC1(O)CCSC1)C(C)C2. The normalized spacial score (nSPS) is 33.6. The van der Waals surface area contributed by atoms with E-state index in [1.54, 1.807) is 0 Å². The Morgan fingerprint density at radius 2 is 2.32 bits per heavy atom. The second-order valence-electron chi connectivity index (χ2n) is 6.27. The van der Waals surface area contributed by atoms with E-state index in [2.05, 4.69) is 37.4 Å². The molecule has 3 unspecified atom stereocenters. The summed E-state index contributed by atoms with van der Waals surface area (Å²) in [7, 11) is 0. The van der Waals surface area contributed by atoms with Crippen molar-refractivity contribution >= 4 is 11.8 Å². The maximum atomic E-state index is 10.5. The molecule has 3 heteroatoms. The van der Waals surface area contributed by atoms with Gasteiger partial charge in [0.05, 0.1) is 5.60 Å². The van der Waals surface area contributed by atoms with Crippen molar-refractivity contribution < 1.29 is 5.11 Å². The van der Waals surface area contributed by atoms with Crippen LogP contribution in [0.2, 0.25) is 0 Å². The number of fused-ring (bicyclic) bond motifs is 1. The first-order valence-corrected chi connectivity index (χ1v) is 8.36. The van der Waals surface area contributed by atoms with Crippen LogP contribution in [-0.4, -0.2) is 28.8 Å². The molecular weight excluding hydrogens is 254 g/mol. The number of hydrogen-bond acceptors (Lipinski definition) is 3. The number of benzene rings is 1. The van der Waals surface area contributed by atoms with Gasteiger partial charge in [0.2, 0.25) is 0 Å². The Balaban J connectivity index is 1.73. The van der Waals surface area contributed by atoms with Gasteiger partial charge in [-0.3, -0.25) is 0 Å². The Hall–Kier alpha value is -0.510. The van der Waals surface area contributed by atoms with E-state index in [0.717, 1.165) is 30.9 Å². The second-order valence-corrected chi connectivity index (χ2v) is 7.37. The van der Waals surface area contributed by atoms with Crippen molar-refractivity contribution in [1.82, 2.24) is 5.32 Å². The number of nitrogens with one attached hydrogen (secondary N) is 1. The Bertz CT molecular complexity index is 468. The van der Waals surface area contributed by atoms with Crippen LogP contribution >= 0.6 is 11.8 Å². The molecule has 2 nitrogen and oxygen atoms in total. The molecule has 3 atom stereocenters. The van der Waals surface area contributed by atoms with E-state index in [9.17, 15) is 5.11 Å². The molecule has 1 heterocycles. The van der Waals surface area contributed by atoms with E-state index in [-0.39, 0.29) is 0 Å². The summed E-state index contributed by atoms with van der Waals surface area (Å²) in [5, 5.41) is 14.1. The molecule has 1 aliphatic carbocycles. The lowest BCUT2D eigenvalue weighted by molar-refractivity contribution is 0.0629. The molecule has 0 spiro atoms. The van der Waals surface area contributed by atoms with Crippen molar-refractivity contribution in [1.29, 1.82) is 0 Å². The molecule has 0 aromatic heterocycles. The zero-order valence-electron chi connectivity index (χ0n) is 11.8. The highest BCUT2D eigenvalue weighted by Gasteiger charge is 2.35. The van der Waals surface area contributed by atoms with Crippen molar-refractivity contribution in [3.63, 3.8) is 0 Å². The monoisotopic (exact) mass is 277 g/mol. The van der Waals surface area contributed by atoms with Gasteiger partial charge in [0.1, 0.15) is 0 Å². The van der Waals surface area contributed by atoms with E-state index in [1.807, 2.05) is 11.8 Å². The lowest BCUT2D eigenvalue weighted by Gasteiger charge is -2.26. The van der Waals surface area contributed by atoms with Crippen LogP contribution in [-0.2, 0) is 6.42 Å². The van der Waals surface area contributed by atoms with E-state index in [4.69, 9.17) is 0 Å². The summed E-state index contributed by atoms with van der Waals surface area (Å²) in [5.41, 5.74) is 3.76. The van der Waals surface area contributed by atoms with Gasteiger partial charge in [0, 0.05) is 18.3 Å². The molecule has 0 amide bonds. The van der Waals surface area contributed by atoms with E-state index in [1.165, 1.54) is 16.7 Å². The summed E-state index contributed by atoms with van der Waals surface area (Å²) in [4.78, 5) is 0. The number of hydrogen-bond donors (Lipinski definition) is 2. The van der Waals surface area contributed by atoms with Crippen LogP contribution in [0.25, 0.3) is 0 Å². The zero-order chi connectivity index (χ0) is 13.5. The third-order valence-corrected chi connectivity index (χ3v) is 5.72. The highest BCUT2D eigenvalue weighted by Crippen LogP contribution is 2.37. The fourth-order valence-corrected chi connectivity index (χ4v) is 4.60. The fourth-order valence-electron chi connectivity index (χ4n) is 3.31. The summed E-state index contributed by atoms with van der Waals surface area (Å²) in [6.45, 7) is 5.18. The molecule has 1 saturated heterocycles. The van der Waals surface area contributed by atoms with Gasteiger partial charge in [0.25, 0.3) is 0 Å². The molecule has 0 bridgehead atoms. The van der Waals surface area contributed by atoms with E-state index in [0.29, 0.717) is 12.0 Å². The Morgan fingerprint density at radius 1 is 1.47 bits per heavy atom. The van der Waals surface area contributed by atoms with Gasteiger partial charge in [-0.25, -0.2) is 0 Å². The molecule has 1 fully saturated rings. The first kappa shape index (κ1) is 13.5. The van der Waals surface area contributed by atoms with Gasteiger partial charge in [-0.05, 0) is 42.6 Å². The summed E-state index contributed by atoms with van der Waals surface area (Å²) >= 11 is 1.86. The van der Waals surface area contributed by atoms with Crippen molar-refractivity contribution in [2.45, 2.75) is 38.3 Å². The number of aliphatic hydroxyl groups is 1. The molecule has 19 heavy (non-hydrogen) atoms. The van der Waals surface area contributed by atoms with Gasteiger partial charge in [-0.15, -0.1) is 0 Å². The minimum absolute atomic E-state index is 0.407. The smallest absolute Gasteiger partial charge is 0.0869 e. The second kappa shape index (κ2) is 5.12. The number of rotatable bonds is 3. The van der Waals surface area contributed by atoms with Gasteiger partial charge in [-0.1, -0.05) is 30.7 Å². The van der Waals surface area contributed by atoms with Crippen molar-refractivity contribution in [2.75, 3.05) is 18.1 Å². The maximum absolute atomic E-state index is 10.5. The van der Waals surface area contributed by atoms with Crippen LogP contribution in [0.5, 0.6) is 0 Å². The largest absolute Gasteiger partial charge is 0.388 e. The summed E-state index contributed by atoms with van der Waals surface area (Å²) < 4.78 is 0. The fraction of sp³-hybridized carbons (Fsp3) is 0.625. The maximum Gasteiger partial charge on any atom is 0.0869 e. The highest BCUT2D eigenvalue weighted by atomic mass is 32.2. The van der Waals surface area contributed by atoms with Gasteiger partial charge in [0.15, 0.2) is 0 Å². The summed E-state index contributed by atoms with van der Waals surface area (Å²) in [5.74, 6) is 2.59. The molecule has 104 valence electrons. The number of thioether (sulfide) groups is 1. The van der Waals surface area contributed by atoms with Gasteiger partial charge >= 0.3 is 0 Å². The predicted octanol–water partition coefficient (Wildman–Crippen LogP) is 2.69. The van der Waals surface area contributed by atoms with Gasteiger partial charge < -0.3 is 10.4 Å². The Kier molecular flexibility index (Phi) is 3.63. The molecule has 2 N–H and O–H groups in total. The van der Waals surface area contributed by atoms with Crippen molar-refractivity contribution in [3.05, 3.63) is 34.9 Å². The average Bonchev–Trinajstić information content (AvgIpc) is 2.91. The predicted molar refractivity (Wildman–Crippen MR) is 81.7 cm³/mol. The molecule has 2 aliphatic rings. The summed E-state index contributed by atoms with van der Waals surface area (Å²) in [6.07, 6.45) is 2.08. The highest BCUT2D eigenvalue weighted by molar-refractivity contribution is 7.99. The van der Waals surface area contributed by atoms with Crippen molar-refractivity contribution in [2.24, 2.45) is 5.92 Å². The molecule has 0 radical (unpaired) electrons. The van der Waals surface area contributed by atoms with E-state index < -0.39 is 5.60 Å². The summed E-state index contributed by atoms with van der Waals surface area (Å²) in [6, 6.07) is 7.19. The first-order valence-electron chi connectivity index (χ1n) is 7.20. The third-order valence-electron chi connectivity index (χ3n) is 4.48. The molecular formula is C16H23NOS. The molecule has 1 aliphatic heterocycles. The third kappa shape index (κ3) is 2.69. The number of aryl methyl sites for hydroxylation is 1. The van der Waals surface area contributed by atoms with Crippen LogP contribution in [0.15, 0.2) is 18.2 Å². The Morgan fingerprint density at radius 3 is 3.05 bits per heavy atom. The lowest BCUT2D eigenvalue weighted by Crippen LogP contribution is -2.42. The zero-order valence-corrected chi connectivity index (χ0v) is 12.6. The first-order chi connectivity index (χ1) is 9.07. The van der Waals surface area contributed by atoms with Crippen molar-refractivity contribution in [3.8, 4) is 0 Å². The minimum Gasteiger partial charge on any atom is -0.388 e. The quantitative estimate of drug-likeness (QED) is 0.891. The minimum atomic E-state index is -0.489. The van der Waals surface area contributed by atoms with Crippen LogP contribution in [0.4, 0.5) is 0 Å². The average molecular weight is 277 g/mol. The van der Waals surface area contributed by atoms with Crippen LogP contribution in [0, 0.1) is 12.8 Å². The van der Waals surface area contributed by atoms with Crippen LogP contribution in [0.1, 0.15) is 36.1 Å². The van der Waals surface area contributed by atoms with Gasteiger partial charge in [-0.2, -0.15) is 11.8 Å². The Labute approximate surface area is 120 Å².